The Morgan fingerprint density at radius 1 is 1.00 bits per heavy atom. The summed E-state index contributed by atoms with van der Waals surface area (Å²) in [7, 11) is 0. The Hall–Kier alpha value is -3.98. The summed E-state index contributed by atoms with van der Waals surface area (Å²) in [5.41, 5.74) is 4.86. The van der Waals surface area contributed by atoms with Crippen LogP contribution >= 0.6 is 0 Å². The number of rotatable bonds is 10. The SMILES string of the molecule is Cc1nc(CC2CCN(c3ccc(-c4ccc(CCCO)cc4)cc3)CC2)nc(C(=O)NCC(=O)O)c1O. The number of anilines is 1. The van der Waals surface area contributed by atoms with Gasteiger partial charge in [-0.05, 0) is 67.3 Å². The van der Waals surface area contributed by atoms with E-state index in [9.17, 15) is 14.7 Å². The van der Waals surface area contributed by atoms with Crippen LogP contribution in [-0.4, -0.2) is 63.4 Å². The second-order valence-corrected chi connectivity index (χ2v) is 9.70. The number of piperidine rings is 1. The largest absolute Gasteiger partial charge is 0.504 e. The Labute approximate surface area is 222 Å². The van der Waals surface area contributed by atoms with Gasteiger partial charge in [-0.1, -0.05) is 36.4 Å². The number of aliphatic hydroxyl groups is 1. The molecule has 0 atom stereocenters. The van der Waals surface area contributed by atoms with Crippen LogP contribution in [0.25, 0.3) is 11.1 Å². The van der Waals surface area contributed by atoms with E-state index in [1.807, 2.05) is 0 Å². The Balaban J connectivity index is 1.33. The molecule has 4 rings (SSSR count). The number of nitrogens with zero attached hydrogens (tertiary/aromatic N) is 3. The maximum absolute atomic E-state index is 12.3. The molecular formula is C29H34N4O5. The number of carboxylic acids is 1. The number of carboxylic acid groups (broad SMARTS) is 1. The summed E-state index contributed by atoms with van der Waals surface area (Å²) in [6, 6.07) is 17.1. The molecular weight excluding hydrogens is 484 g/mol. The van der Waals surface area contributed by atoms with Crippen molar-refractivity contribution in [2.75, 3.05) is 31.1 Å². The third kappa shape index (κ3) is 6.86. The Kier molecular flexibility index (Phi) is 8.91. The van der Waals surface area contributed by atoms with Crippen LogP contribution in [0.5, 0.6) is 5.75 Å². The molecule has 3 aromatic rings. The molecule has 38 heavy (non-hydrogen) atoms. The van der Waals surface area contributed by atoms with Gasteiger partial charge < -0.3 is 25.5 Å². The molecule has 0 spiro atoms. The second-order valence-electron chi connectivity index (χ2n) is 9.70. The number of aliphatic carboxylic acids is 1. The number of amides is 1. The lowest BCUT2D eigenvalue weighted by Crippen LogP contribution is -2.34. The molecule has 0 unspecified atom stereocenters. The average Bonchev–Trinajstić information content (AvgIpc) is 2.93. The number of carbonyl (C=O) groups excluding carboxylic acids is 1. The van der Waals surface area contributed by atoms with E-state index in [1.165, 1.54) is 22.4 Å². The highest BCUT2D eigenvalue weighted by atomic mass is 16.4. The molecule has 1 aliphatic heterocycles. The molecule has 4 N–H and O–H groups in total. The highest BCUT2D eigenvalue weighted by Crippen LogP contribution is 2.29. The minimum Gasteiger partial charge on any atom is -0.504 e. The van der Waals surface area contributed by atoms with Crippen molar-refractivity contribution in [3.63, 3.8) is 0 Å². The minimum absolute atomic E-state index is 0.189. The van der Waals surface area contributed by atoms with Crippen LogP contribution in [0.15, 0.2) is 48.5 Å². The molecule has 0 bridgehead atoms. The summed E-state index contributed by atoms with van der Waals surface area (Å²) in [6.07, 6.45) is 4.13. The van der Waals surface area contributed by atoms with E-state index in [2.05, 4.69) is 68.7 Å². The van der Waals surface area contributed by atoms with Crippen molar-refractivity contribution >= 4 is 17.6 Å². The number of nitrogens with one attached hydrogen (secondary N) is 1. The van der Waals surface area contributed by atoms with Gasteiger partial charge in [-0.25, -0.2) is 9.97 Å². The van der Waals surface area contributed by atoms with Crippen molar-refractivity contribution < 1.29 is 24.9 Å². The van der Waals surface area contributed by atoms with Gasteiger partial charge in [0.15, 0.2) is 11.4 Å². The molecule has 2 aromatic carbocycles. The second kappa shape index (κ2) is 12.5. The van der Waals surface area contributed by atoms with E-state index in [-0.39, 0.29) is 18.1 Å². The Morgan fingerprint density at radius 3 is 2.24 bits per heavy atom. The van der Waals surface area contributed by atoms with Crippen LogP contribution in [0, 0.1) is 12.8 Å². The van der Waals surface area contributed by atoms with Gasteiger partial charge in [0, 0.05) is 31.8 Å². The number of aromatic hydroxyl groups is 1. The molecule has 1 aliphatic rings. The number of aromatic nitrogens is 2. The maximum Gasteiger partial charge on any atom is 0.322 e. The predicted octanol–water partition coefficient (Wildman–Crippen LogP) is 3.36. The van der Waals surface area contributed by atoms with Crippen molar-refractivity contribution in [3.05, 3.63) is 71.3 Å². The quantitative estimate of drug-likeness (QED) is 0.321. The lowest BCUT2D eigenvalue weighted by Gasteiger charge is -2.33. The van der Waals surface area contributed by atoms with E-state index in [0.29, 0.717) is 23.9 Å². The number of benzene rings is 2. The topological polar surface area (TPSA) is 136 Å². The summed E-state index contributed by atoms with van der Waals surface area (Å²) >= 11 is 0. The van der Waals surface area contributed by atoms with Gasteiger partial charge in [-0.3, -0.25) is 9.59 Å². The number of hydrogen-bond donors (Lipinski definition) is 4. The van der Waals surface area contributed by atoms with Crippen LogP contribution < -0.4 is 10.2 Å². The zero-order chi connectivity index (χ0) is 27.1. The fraction of sp³-hybridized carbons (Fsp3) is 0.379. The van der Waals surface area contributed by atoms with E-state index in [1.54, 1.807) is 6.92 Å². The van der Waals surface area contributed by atoms with Crippen molar-refractivity contribution in [1.29, 1.82) is 0 Å². The van der Waals surface area contributed by atoms with E-state index < -0.39 is 18.4 Å². The molecule has 0 radical (unpaired) electrons. The first-order chi connectivity index (χ1) is 18.3. The van der Waals surface area contributed by atoms with Gasteiger partial charge in [0.1, 0.15) is 12.4 Å². The molecule has 2 heterocycles. The van der Waals surface area contributed by atoms with Crippen LogP contribution in [-0.2, 0) is 17.6 Å². The van der Waals surface area contributed by atoms with Crippen LogP contribution in [0.1, 0.15) is 46.8 Å². The van der Waals surface area contributed by atoms with Crippen LogP contribution in [0.3, 0.4) is 0 Å². The predicted molar refractivity (Wildman–Crippen MR) is 144 cm³/mol. The van der Waals surface area contributed by atoms with E-state index >= 15 is 0 Å². The van der Waals surface area contributed by atoms with Crippen molar-refractivity contribution in [1.82, 2.24) is 15.3 Å². The minimum atomic E-state index is -1.17. The summed E-state index contributed by atoms with van der Waals surface area (Å²) in [4.78, 5) is 34.0. The molecule has 1 amide bonds. The lowest BCUT2D eigenvalue weighted by molar-refractivity contribution is -0.135. The zero-order valence-electron chi connectivity index (χ0n) is 21.6. The maximum atomic E-state index is 12.3. The highest BCUT2D eigenvalue weighted by Gasteiger charge is 2.23. The number of carbonyl (C=O) groups is 2. The zero-order valence-corrected chi connectivity index (χ0v) is 21.6. The van der Waals surface area contributed by atoms with Gasteiger partial charge >= 0.3 is 5.97 Å². The molecule has 0 saturated carbocycles. The van der Waals surface area contributed by atoms with Gasteiger partial charge in [-0.15, -0.1) is 0 Å². The highest BCUT2D eigenvalue weighted by molar-refractivity contribution is 5.96. The molecule has 0 aliphatic carbocycles. The van der Waals surface area contributed by atoms with Gasteiger partial charge in [0.05, 0.1) is 5.69 Å². The van der Waals surface area contributed by atoms with Gasteiger partial charge in [0.25, 0.3) is 5.91 Å². The standard InChI is InChI=1S/C29H34N4O5/c1-19-28(37)27(29(38)30-18-26(35)36)32-25(31-19)17-21-12-14-33(15-13-21)24-10-8-23(9-11-24)22-6-4-20(5-7-22)3-2-16-34/h4-11,21,34,37H,2-3,12-18H2,1H3,(H,30,38)(H,35,36). The molecule has 9 nitrogen and oxygen atoms in total. The Bertz CT molecular complexity index is 1250. The number of aryl methyl sites for hydroxylation is 2. The monoisotopic (exact) mass is 518 g/mol. The van der Waals surface area contributed by atoms with Crippen LogP contribution in [0.2, 0.25) is 0 Å². The summed E-state index contributed by atoms with van der Waals surface area (Å²) in [6.45, 7) is 3.06. The third-order valence-electron chi connectivity index (χ3n) is 6.95. The normalized spacial score (nSPS) is 13.9. The van der Waals surface area contributed by atoms with Crippen LogP contribution in [0.4, 0.5) is 5.69 Å². The summed E-state index contributed by atoms with van der Waals surface area (Å²) < 4.78 is 0. The van der Waals surface area contributed by atoms with Crippen molar-refractivity contribution in [2.24, 2.45) is 5.92 Å². The smallest absolute Gasteiger partial charge is 0.322 e. The number of hydrogen-bond acceptors (Lipinski definition) is 7. The average molecular weight is 519 g/mol. The Morgan fingerprint density at radius 2 is 1.63 bits per heavy atom. The third-order valence-corrected chi connectivity index (χ3v) is 6.95. The van der Waals surface area contributed by atoms with E-state index in [4.69, 9.17) is 10.2 Å². The molecule has 1 fully saturated rings. The fourth-order valence-corrected chi connectivity index (χ4v) is 4.78. The summed E-state index contributed by atoms with van der Waals surface area (Å²) in [5.74, 6) is -1.41. The van der Waals surface area contributed by atoms with Crippen molar-refractivity contribution in [3.8, 4) is 16.9 Å². The first kappa shape index (κ1) is 27.1. The van der Waals surface area contributed by atoms with Gasteiger partial charge in [0.2, 0.25) is 0 Å². The first-order valence-corrected chi connectivity index (χ1v) is 13.0. The first-order valence-electron chi connectivity index (χ1n) is 13.0. The molecule has 1 saturated heterocycles. The molecule has 200 valence electrons. The number of aliphatic hydroxyl groups excluding tert-OH is 1. The van der Waals surface area contributed by atoms with E-state index in [0.717, 1.165) is 38.8 Å². The molecule has 9 heteroatoms. The van der Waals surface area contributed by atoms with Crippen molar-refractivity contribution in [2.45, 2.75) is 39.0 Å². The molecule has 1 aromatic heterocycles. The lowest BCUT2D eigenvalue weighted by atomic mass is 9.92. The fourth-order valence-electron chi connectivity index (χ4n) is 4.78. The van der Waals surface area contributed by atoms with Gasteiger partial charge in [-0.2, -0.15) is 0 Å². The summed E-state index contributed by atoms with van der Waals surface area (Å²) in [5, 5.41) is 30.2.